The number of nitrogens with two attached hydrogens (primary N) is 1. The van der Waals surface area contributed by atoms with Gasteiger partial charge in [0.05, 0.1) is 0 Å². The molecule has 0 aliphatic carbocycles. The summed E-state index contributed by atoms with van der Waals surface area (Å²) in [6, 6.07) is 0.630. The smallest absolute Gasteiger partial charge is 0.0226 e. The molecule has 84 valence electrons. The number of likely N-dealkylation sites (N-methyl/N-ethyl adjacent to an activating group) is 1. The fourth-order valence-electron chi connectivity index (χ4n) is 2.18. The lowest BCUT2D eigenvalue weighted by Crippen LogP contribution is -2.49. The molecule has 1 atom stereocenters. The third-order valence-electron chi connectivity index (χ3n) is 2.80. The van der Waals surface area contributed by atoms with Crippen LogP contribution in [0.15, 0.2) is 0 Å². The van der Waals surface area contributed by atoms with Crippen LogP contribution in [-0.4, -0.2) is 54.6 Å². The average molecular weight is 199 g/mol. The molecule has 0 spiro atoms. The van der Waals surface area contributed by atoms with Crippen LogP contribution in [0, 0.1) is 0 Å². The van der Waals surface area contributed by atoms with Crippen molar-refractivity contribution < 1.29 is 0 Å². The van der Waals surface area contributed by atoms with E-state index in [9.17, 15) is 0 Å². The van der Waals surface area contributed by atoms with Gasteiger partial charge in [-0.3, -0.25) is 4.90 Å². The van der Waals surface area contributed by atoms with E-state index in [1.807, 2.05) is 0 Å². The lowest BCUT2D eigenvalue weighted by atomic mass is 10.1. The summed E-state index contributed by atoms with van der Waals surface area (Å²) in [6.07, 6.45) is 1.26. The second-order valence-electron chi connectivity index (χ2n) is 5.42. The van der Waals surface area contributed by atoms with E-state index in [0.29, 0.717) is 6.04 Å². The molecule has 3 heteroatoms. The third-order valence-corrected chi connectivity index (χ3v) is 2.80. The first-order valence-corrected chi connectivity index (χ1v) is 5.60. The van der Waals surface area contributed by atoms with Crippen LogP contribution in [0.1, 0.15) is 27.2 Å². The maximum absolute atomic E-state index is 6.06. The highest BCUT2D eigenvalue weighted by atomic mass is 15.2. The van der Waals surface area contributed by atoms with E-state index in [1.165, 1.54) is 19.5 Å². The predicted molar refractivity (Wildman–Crippen MR) is 61.4 cm³/mol. The van der Waals surface area contributed by atoms with Crippen LogP contribution in [-0.2, 0) is 0 Å². The first-order valence-electron chi connectivity index (χ1n) is 5.60. The van der Waals surface area contributed by atoms with Crippen molar-refractivity contribution in [2.75, 3.05) is 33.2 Å². The molecule has 0 radical (unpaired) electrons. The molecule has 3 nitrogen and oxygen atoms in total. The van der Waals surface area contributed by atoms with Crippen molar-refractivity contribution >= 4 is 0 Å². The number of hydrogen-bond acceptors (Lipinski definition) is 3. The van der Waals surface area contributed by atoms with Gasteiger partial charge in [-0.2, -0.15) is 0 Å². The minimum absolute atomic E-state index is 0.0723. The molecule has 2 N–H and O–H groups in total. The Bertz CT molecular complexity index is 174. The number of nitrogens with zero attached hydrogens (tertiary/aromatic N) is 2. The highest BCUT2D eigenvalue weighted by molar-refractivity contribution is 4.83. The van der Waals surface area contributed by atoms with Crippen LogP contribution in [0.3, 0.4) is 0 Å². The molecule has 0 bridgehead atoms. The van der Waals surface area contributed by atoms with Crippen molar-refractivity contribution in [3.8, 4) is 0 Å². The van der Waals surface area contributed by atoms with Crippen LogP contribution in [0.25, 0.3) is 0 Å². The number of hydrogen-bond donors (Lipinski definition) is 1. The van der Waals surface area contributed by atoms with Crippen LogP contribution >= 0.6 is 0 Å². The lowest BCUT2D eigenvalue weighted by molar-refractivity contribution is 0.171. The van der Waals surface area contributed by atoms with Crippen molar-refractivity contribution in [1.29, 1.82) is 0 Å². The Balaban J connectivity index is 2.51. The molecular weight excluding hydrogens is 174 g/mol. The van der Waals surface area contributed by atoms with Gasteiger partial charge in [0.15, 0.2) is 0 Å². The Kier molecular flexibility index (Phi) is 3.93. The van der Waals surface area contributed by atoms with Gasteiger partial charge in [0.2, 0.25) is 0 Å². The maximum atomic E-state index is 6.06. The molecular formula is C11H25N3. The molecule has 0 amide bonds. The van der Waals surface area contributed by atoms with Gasteiger partial charge in [-0.05, 0) is 47.3 Å². The molecule has 0 aromatic rings. The van der Waals surface area contributed by atoms with Gasteiger partial charge >= 0.3 is 0 Å². The highest BCUT2D eigenvalue weighted by Gasteiger charge is 2.23. The van der Waals surface area contributed by atoms with E-state index in [0.717, 1.165) is 13.1 Å². The summed E-state index contributed by atoms with van der Waals surface area (Å²) >= 11 is 0. The predicted octanol–water partition coefficient (Wildman–Crippen LogP) is 0.750. The van der Waals surface area contributed by atoms with Crippen molar-refractivity contribution in [3.63, 3.8) is 0 Å². The summed E-state index contributed by atoms with van der Waals surface area (Å²) in [5.74, 6) is 0. The number of rotatable bonds is 2. The molecule has 0 saturated carbocycles. The summed E-state index contributed by atoms with van der Waals surface area (Å²) in [6.45, 7) is 11.1. The fraction of sp³-hybridized carbons (Fsp3) is 1.00. The standard InChI is InChI=1S/C11H25N3/c1-10-8-13(4)6-5-7-14(10)9-11(2,3)12/h10H,5-9,12H2,1-4H3. The Morgan fingerprint density at radius 1 is 1.36 bits per heavy atom. The highest BCUT2D eigenvalue weighted by Crippen LogP contribution is 2.11. The van der Waals surface area contributed by atoms with Crippen LogP contribution in [0.5, 0.6) is 0 Å². The second-order valence-corrected chi connectivity index (χ2v) is 5.42. The summed E-state index contributed by atoms with van der Waals surface area (Å²) in [5.41, 5.74) is 5.99. The van der Waals surface area contributed by atoms with E-state index in [-0.39, 0.29) is 5.54 Å². The van der Waals surface area contributed by atoms with E-state index >= 15 is 0 Å². The SMILES string of the molecule is CC1CN(C)CCCN1CC(C)(C)N. The van der Waals surface area contributed by atoms with Gasteiger partial charge in [-0.1, -0.05) is 0 Å². The summed E-state index contributed by atoms with van der Waals surface area (Å²) < 4.78 is 0. The topological polar surface area (TPSA) is 32.5 Å². The van der Waals surface area contributed by atoms with Gasteiger partial charge in [0, 0.05) is 24.7 Å². The maximum Gasteiger partial charge on any atom is 0.0226 e. The Morgan fingerprint density at radius 3 is 2.57 bits per heavy atom. The zero-order valence-electron chi connectivity index (χ0n) is 10.1. The molecule has 0 aromatic heterocycles. The quantitative estimate of drug-likeness (QED) is 0.712. The van der Waals surface area contributed by atoms with Crippen LogP contribution in [0.2, 0.25) is 0 Å². The zero-order valence-corrected chi connectivity index (χ0v) is 10.1. The van der Waals surface area contributed by atoms with Crippen LogP contribution < -0.4 is 5.73 Å². The zero-order chi connectivity index (χ0) is 10.8. The van der Waals surface area contributed by atoms with E-state index in [4.69, 9.17) is 5.73 Å². The van der Waals surface area contributed by atoms with E-state index < -0.39 is 0 Å². The van der Waals surface area contributed by atoms with Gasteiger partial charge < -0.3 is 10.6 Å². The molecule has 1 aliphatic heterocycles. The molecule has 14 heavy (non-hydrogen) atoms. The molecule has 1 unspecified atom stereocenters. The Morgan fingerprint density at radius 2 is 2.00 bits per heavy atom. The average Bonchev–Trinajstić information content (AvgIpc) is 2.11. The van der Waals surface area contributed by atoms with Gasteiger partial charge in [0.1, 0.15) is 0 Å². The van der Waals surface area contributed by atoms with Gasteiger partial charge in [-0.15, -0.1) is 0 Å². The normalized spacial score (nSPS) is 27.6. The fourth-order valence-corrected chi connectivity index (χ4v) is 2.18. The first-order chi connectivity index (χ1) is 6.38. The Hall–Kier alpha value is -0.120. The van der Waals surface area contributed by atoms with E-state index in [2.05, 4.69) is 37.6 Å². The van der Waals surface area contributed by atoms with Gasteiger partial charge in [0.25, 0.3) is 0 Å². The third kappa shape index (κ3) is 3.95. The first kappa shape index (κ1) is 12.0. The Labute approximate surface area is 88.2 Å². The molecule has 1 fully saturated rings. The summed E-state index contributed by atoms with van der Waals surface area (Å²) in [5, 5.41) is 0. The van der Waals surface area contributed by atoms with Crippen molar-refractivity contribution in [2.45, 2.75) is 38.8 Å². The molecule has 1 heterocycles. The lowest BCUT2D eigenvalue weighted by Gasteiger charge is -2.33. The monoisotopic (exact) mass is 199 g/mol. The molecule has 1 aliphatic rings. The molecule has 1 rings (SSSR count). The summed E-state index contributed by atoms with van der Waals surface area (Å²) in [7, 11) is 2.20. The largest absolute Gasteiger partial charge is 0.324 e. The van der Waals surface area contributed by atoms with Gasteiger partial charge in [-0.25, -0.2) is 0 Å². The van der Waals surface area contributed by atoms with Crippen molar-refractivity contribution in [2.24, 2.45) is 5.73 Å². The van der Waals surface area contributed by atoms with Crippen molar-refractivity contribution in [3.05, 3.63) is 0 Å². The van der Waals surface area contributed by atoms with Crippen LogP contribution in [0.4, 0.5) is 0 Å². The second kappa shape index (κ2) is 4.60. The van der Waals surface area contributed by atoms with E-state index in [1.54, 1.807) is 0 Å². The van der Waals surface area contributed by atoms with Crippen molar-refractivity contribution in [1.82, 2.24) is 9.80 Å². The molecule has 0 aromatic carbocycles. The molecule has 1 saturated heterocycles. The minimum Gasteiger partial charge on any atom is -0.324 e. The summed E-state index contributed by atoms with van der Waals surface area (Å²) in [4.78, 5) is 4.93. The minimum atomic E-state index is -0.0723.